The second kappa shape index (κ2) is 8.24. The second-order valence-corrected chi connectivity index (χ2v) is 10.2. The molecule has 40 heavy (non-hydrogen) atoms. The number of anilines is 3. The third kappa shape index (κ3) is 2.84. The zero-order chi connectivity index (χ0) is 26.8. The Morgan fingerprint density at radius 3 is 2.05 bits per heavy atom. The van der Waals surface area contributed by atoms with Gasteiger partial charge in [-0.1, -0.05) is 60.7 Å². The lowest BCUT2D eigenvalue weighted by atomic mass is 9.64. The predicted octanol–water partition coefficient (Wildman–Crippen LogP) is 8.03. The van der Waals surface area contributed by atoms with Crippen molar-refractivity contribution < 1.29 is 9.47 Å². The van der Waals surface area contributed by atoms with E-state index in [1.807, 2.05) is 36.4 Å². The number of nitriles is 1. The summed E-state index contributed by atoms with van der Waals surface area (Å²) in [7, 11) is 0. The number of benzene rings is 5. The average Bonchev–Trinajstić information content (AvgIpc) is 3.30. The molecule has 0 unspecified atom stereocenters. The van der Waals surface area contributed by atoms with E-state index in [1.54, 1.807) is 0 Å². The lowest BCUT2D eigenvalue weighted by Gasteiger charge is -2.45. The number of rotatable bonds is 1. The van der Waals surface area contributed by atoms with Crippen LogP contribution in [-0.2, 0) is 5.41 Å². The Morgan fingerprint density at radius 2 is 1.35 bits per heavy atom. The standard InChI is InChI=1S/C35H21N3O2/c1-37-23-11-14-26-25-13-10-22(21-36)18-29(25)35(30(26)19-23)27-6-2-4-8-31(27)38(32-9-5-3-7-28(32)35)24-12-15-33-34(20-24)40-17-16-39-33/h2-15,18-20H,16-17H2. The maximum atomic E-state index is 9.91. The van der Waals surface area contributed by atoms with E-state index in [0.29, 0.717) is 24.5 Å². The molecule has 1 aliphatic carbocycles. The Kier molecular flexibility index (Phi) is 4.63. The van der Waals surface area contributed by atoms with E-state index in [9.17, 15) is 5.26 Å². The normalized spacial score (nSPS) is 14.8. The van der Waals surface area contributed by atoms with Crippen molar-refractivity contribution in [2.45, 2.75) is 5.41 Å². The van der Waals surface area contributed by atoms with E-state index >= 15 is 0 Å². The van der Waals surface area contributed by atoms with E-state index in [4.69, 9.17) is 16.0 Å². The number of ether oxygens (including phenoxy) is 2. The summed E-state index contributed by atoms with van der Waals surface area (Å²) < 4.78 is 11.8. The van der Waals surface area contributed by atoms with Crippen molar-refractivity contribution in [3.63, 3.8) is 0 Å². The van der Waals surface area contributed by atoms with Gasteiger partial charge in [0.2, 0.25) is 0 Å². The van der Waals surface area contributed by atoms with Crippen molar-refractivity contribution in [3.8, 4) is 28.7 Å². The highest BCUT2D eigenvalue weighted by atomic mass is 16.6. The van der Waals surface area contributed by atoms with Crippen molar-refractivity contribution in [3.05, 3.63) is 142 Å². The van der Waals surface area contributed by atoms with Crippen molar-refractivity contribution in [1.29, 1.82) is 5.26 Å². The fraction of sp³-hybridized carbons (Fsp3) is 0.0857. The topological polar surface area (TPSA) is 49.9 Å². The van der Waals surface area contributed by atoms with Gasteiger partial charge < -0.3 is 14.4 Å². The van der Waals surface area contributed by atoms with Gasteiger partial charge in [-0.05, 0) is 69.8 Å². The van der Waals surface area contributed by atoms with Crippen LogP contribution in [0, 0.1) is 17.9 Å². The van der Waals surface area contributed by atoms with Crippen molar-refractivity contribution in [2.75, 3.05) is 18.1 Å². The quantitative estimate of drug-likeness (QED) is 0.208. The van der Waals surface area contributed by atoms with Gasteiger partial charge in [0.1, 0.15) is 13.2 Å². The van der Waals surface area contributed by atoms with Gasteiger partial charge in [0, 0.05) is 6.07 Å². The third-order valence-electron chi connectivity index (χ3n) is 8.26. The van der Waals surface area contributed by atoms with Crippen LogP contribution in [0.25, 0.3) is 16.0 Å². The number of nitrogens with zero attached hydrogens (tertiary/aromatic N) is 3. The highest BCUT2D eigenvalue weighted by Gasteiger charge is 2.51. The molecule has 8 rings (SSSR count). The Balaban J connectivity index is 1.49. The first-order valence-corrected chi connectivity index (χ1v) is 13.2. The van der Waals surface area contributed by atoms with Gasteiger partial charge in [-0.3, -0.25) is 0 Å². The molecule has 2 heterocycles. The van der Waals surface area contributed by atoms with Crippen LogP contribution < -0.4 is 14.4 Å². The molecule has 0 fully saturated rings. The van der Waals surface area contributed by atoms with Crippen molar-refractivity contribution in [1.82, 2.24) is 0 Å². The molecule has 0 saturated heterocycles. The number of fused-ring (bicyclic) bond motifs is 10. The number of para-hydroxylation sites is 2. The predicted molar refractivity (Wildman–Crippen MR) is 154 cm³/mol. The molecule has 0 aromatic heterocycles. The van der Waals surface area contributed by atoms with Gasteiger partial charge in [-0.15, -0.1) is 0 Å². The van der Waals surface area contributed by atoms with Crippen LogP contribution in [0.5, 0.6) is 11.5 Å². The largest absolute Gasteiger partial charge is 0.486 e. The summed E-state index contributed by atoms with van der Waals surface area (Å²) in [6.45, 7) is 8.86. The highest BCUT2D eigenvalue weighted by Crippen LogP contribution is 2.64. The first-order chi connectivity index (χ1) is 19.7. The van der Waals surface area contributed by atoms with Crippen LogP contribution in [0.1, 0.15) is 27.8 Å². The summed E-state index contributed by atoms with van der Waals surface area (Å²) in [4.78, 5) is 6.08. The molecule has 5 heteroatoms. The molecule has 3 aliphatic rings. The van der Waals surface area contributed by atoms with Gasteiger partial charge in [0.05, 0.1) is 40.7 Å². The molecule has 2 aliphatic heterocycles. The molecule has 5 aromatic carbocycles. The molecule has 5 nitrogen and oxygen atoms in total. The minimum absolute atomic E-state index is 0.519. The zero-order valence-electron chi connectivity index (χ0n) is 21.4. The van der Waals surface area contributed by atoms with Crippen LogP contribution in [-0.4, -0.2) is 13.2 Å². The van der Waals surface area contributed by atoms with E-state index in [-0.39, 0.29) is 0 Å². The molecule has 0 amide bonds. The molecule has 0 N–H and O–H groups in total. The highest BCUT2D eigenvalue weighted by molar-refractivity contribution is 5.96. The zero-order valence-corrected chi connectivity index (χ0v) is 21.4. The maximum Gasteiger partial charge on any atom is 0.187 e. The summed E-state index contributed by atoms with van der Waals surface area (Å²) in [6.07, 6.45) is 0. The molecule has 5 aromatic rings. The third-order valence-corrected chi connectivity index (χ3v) is 8.26. The Hall–Kier alpha value is -5.52. The van der Waals surface area contributed by atoms with Crippen LogP contribution in [0.15, 0.2) is 103 Å². The van der Waals surface area contributed by atoms with Gasteiger partial charge in [-0.2, -0.15) is 5.26 Å². The van der Waals surface area contributed by atoms with Crippen LogP contribution in [0.2, 0.25) is 0 Å². The monoisotopic (exact) mass is 515 g/mol. The Bertz CT molecular complexity index is 1850. The summed E-state index contributed by atoms with van der Waals surface area (Å²) in [6, 6.07) is 37.3. The van der Waals surface area contributed by atoms with Crippen molar-refractivity contribution in [2.24, 2.45) is 0 Å². The van der Waals surface area contributed by atoms with Crippen molar-refractivity contribution >= 4 is 22.7 Å². The van der Waals surface area contributed by atoms with E-state index < -0.39 is 5.41 Å². The Labute approximate surface area is 231 Å². The lowest BCUT2D eigenvalue weighted by molar-refractivity contribution is 0.171. The first-order valence-electron chi connectivity index (χ1n) is 13.2. The maximum absolute atomic E-state index is 9.91. The van der Waals surface area contributed by atoms with Gasteiger partial charge in [-0.25, -0.2) is 4.85 Å². The summed E-state index contributed by atoms with van der Waals surface area (Å²) >= 11 is 0. The molecular weight excluding hydrogens is 494 g/mol. The van der Waals surface area contributed by atoms with E-state index in [0.717, 1.165) is 61.9 Å². The average molecular weight is 516 g/mol. The second-order valence-electron chi connectivity index (χ2n) is 10.2. The molecular formula is C35H21N3O2. The Morgan fingerprint density at radius 1 is 0.700 bits per heavy atom. The summed E-state index contributed by atoms with van der Waals surface area (Å²) in [5.41, 5.74) is 10.0. The first kappa shape index (κ1) is 22.5. The molecule has 0 bridgehead atoms. The van der Waals surface area contributed by atoms with E-state index in [2.05, 4.69) is 82.5 Å². The lowest BCUT2D eigenvalue weighted by Crippen LogP contribution is -2.36. The molecule has 0 radical (unpaired) electrons. The van der Waals surface area contributed by atoms with Crippen LogP contribution in [0.4, 0.5) is 22.7 Å². The smallest absolute Gasteiger partial charge is 0.187 e. The summed E-state index contributed by atoms with van der Waals surface area (Å²) in [5, 5.41) is 9.91. The van der Waals surface area contributed by atoms with Crippen LogP contribution >= 0.6 is 0 Å². The molecule has 188 valence electrons. The van der Waals surface area contributed by atoms with E-state index in [1.165, 1.54) is 0 Å². The minimum atomic E-state index is -0.699. The SMILES string of the molecule is [C-]#[N+]c1ccc2c(c1)C1(c3cc(C#N)ccc3-2)c2ccccc2N(c2ccc3c(c2)OCCO3)c2ccccc21. The number of hydrogen-bond donors (Lipinski definition) is 0. The number of hydrogen-bond acceptors (Lipinski definition) is 4. The molecule has 1 spiro atoms. The van der Waals surface area contributed by atoms with Crippen LogP contribution in [0.3, 0.4) is 0 Å². The molecule has 0 atom stereocenters. The minimum Gasteiger partial charge on any atom is -0.486 e. The van der Waals surface area contributed by atoms with Gasteiger partial charge in [0.15, 0.2) is 17.2 Å². The fourth-order valence-corrected chi connectivity index (χ4v) is 6.73. The summed E-state index contributed by atoms with van der Waals surface area (Å²) in [5.74, 6) is 1.48. The van der Waals surface area contributed by atoms with Gasteiger partial charge in [0.25, 0.3) is 0 Å². The fourth-order valence-electron chi connectivity index (χ4n) is 6.73. The molecule has 0 saturated carbocycles. The van der Waals surface area contributed by atoms with Gasteiger partial charge >= 0.3 is 0 Å².